The molecule has 31 heavy (non-hydrogen) atoms. The van der Waals surface area contributed by atoms with Gasteiger partial charge in [-0.3, -0.25) is 14.5 Å². The van der Waals surface area contributed by atoms with Crippen molar-refractivity contribution in [2.75, 3.05) is 4.90 Å². The first-order valence-corrected chi connectivity index (χ1v) is 10.7. The van der Waals surface area contributed by atoms with Gasteiger partial charge in [0.1, 0.15) is 23.3 Å². The number of aliphatic hydroxyl groups excluding tert-OH is 1. The van der Waals surface area contributed by atoms with Crippen molar-refractivity contribution >= 4 is 39.1 Å². The van der Waals surface area contributed by atoms with Gasteiger partial charge in [0.2, 0.25) is 0 Å². The summed E-state index contributed by atoms with van der Waals surface area (Å²) in [6.45, 7) is 7.62. The summed E-state index contributed by atoms with van der Waals surface area (Å²) in [5.74, 6) is -0.585. The van der Waals surface area contributed by atoms with Crippen LogP contribution in [0.4, 0.5) is 5.69 Å². The number of aliphatic hydroxyl groups is 1. The third kappa shape index (κ3) is 3.61. The van der Waals surface area contributed by atoms with Gasteiger partial charge in [0.25, 0.3) is 11.7 Å². The summed E-state index contributed by atoms with van der Waals surface area (Å²) in [4.78, 5) is 27.7. The molecule has 1 fully saturated rings. The molecule has 1 N–H and O–H groups in total. The zero-order chi connectivity index (χ0) is 22.4. The van der Waals surface area contributed by atoms with E-state index in [2.05, 4.69) is 15.9 Å². The number of aryl methyl sites for hydroxylation is 4. The van der Waals surface area contributed by atoms with Crippen LogP contribution in [0.15, 0.2) is 63.0 Å². The number of halogens is 1. The van der Waals surface area contributed by atoms with Crippen LogP contribution < -0.4 is 4.90 Å². The van der Waals surface area contributed by atoms with Crippen LogP contribution in [0.3, 0.4) is 0 Å². The van der Waals surface area contributed by atoms with Gasteiger partial charge in [-0.2, -0.15) is 0 Å². The Morgan fingerprint density at radius 2 is 1.68 bits per heavy atom. The molecule has 1 atom stereocenters. The van der Waals surface area contributed by atoms with E-state index in [0.717, 1.165) is 21.2 Å². The van der Waals surface area contributed by atoms with Crippen LogP contribution in [0.5, 0.6) is 0 Å². The number of furan rings is 1. The number of carbonyl (C=O) groups is 2. The van der Waals surface area contributed by atoms with Gasteiger partial charge in [-0.1, -0.05) is 28.1 Å². The molecule has 1 amide bonds. The Hall–Kier alpha value is -3.12. The van der Waals surface area contributed by atoms with Gasteiger partial charge in [-0.25, -0.2) is 0 Å². The number of carbonyl (C=O) groups excluding carboxylic acids is 2. The molecule has 1 unspecified atom stereocenters. The summed E-state index contributed by atoms with van der Waals surface area (Å²) in [5.41, 5.74) is 4.04. The van der Waals surface area contributed by atoms with Gasteiger partial charge in [-0.15, -0.1) is 0 Å². The number of anilines is 1. The zero-order valence-corrected chi connectivity index (χ0v) is 19.3. The minimum Gasteiger partial charge on any atom is -0.507 e. The summed E-state index contributed by atoms with van der Waals surface area (Å²) < 4.78 is 6.72. The molecule has 0 radical (unpaired) electrons. The third-order valence-electron chi connectivity index (χ3n) is 5.68. The van der Waals surface area contributed by atoms with E-state index in [1.165, 1.54) is 4.90 Å². The van der Waals surface area contributed by atoms with Crippen LogP contribution in [-0.2, 0) is 9.59 Å². The fourth-order valence-electron chi connectivity index (χ4n) is 3.79. The summed E-state index contributed by atoms with van der Waals surface area (Å²) >= 11 is 3.45. The summed E-state index contributed by atoms with van der Waals surface area (Å²) in [7, 11) is 0. The van der Waals surface area contributed by atoms with Crippen LogP contribution in [0.2, 0.25) is 0 Å². The van der Waals surface area contributed by atoms with Crippen LogP contribution in [0, 0.1) is 27.7 Å². The maximum atomic E-state index is 13.1. The third-order valence-corrected chi connectivity index (χ3v) is 6.56. The highest BCUT2D eigenvalue weighted by Gasteiger charge is 2.48. The molecule has 158 valence electrons. The lowest BCUT2D eigenvalue weighted by atomic mass is 9.98. The number of rotatable bonds is 3. The second-order valence-electron chi connectivity index (χ2n) is 7.85. The molecule has 6 heteroatoms. The quantitative estimate of drug-likeness (QED) is 0.288. The van der Waals surface area contributed by atoms with E-state index in [0.29, 0.717) is 22.8 Å². The van der Waals surface area contributed by atoms with E-state index >= 15 is 0 Å². The molecule has 4 rings (SSSR count). The SMILES string of the molecule is Cc1ccc(C2/C(=C(/O)c3ccc(Br)c(C)c3)C(=O)C(=O)N2c2ccc(C)c(C)c2)o1. The molecular formula is C25H22BrNO4. The Morgan fingerprint density at radius 1 is 0.935 bits per heavy atom. The lowest BCUT2D eigenvalue weighted by Crippen LogP contribution is -2.29. The monoisotopic (exact) mass is 479 g/mol. The Morgan fingerprint density at radius 3 is 2.29 bits per heavy atom. The highest BCUT2D eigenvalue weighted by molar-refractivity contribution is 9.10. The summed E-state index contributed by atoms with van der Waals surface area (Å²) in [6, 6.07) is 13.5. The number of amides is 1. The van der Waals surface area contributed by atoms with Crippen molar-refractivity contribution < 1.29 is 19.1 Å². The van der Waals surface area contributed by atoms with Gasteiger partial charge >= 0.3 is 0 Å². The normalized spacial score (nSPS) is 18.1. The smallest absolute Gasteiger partial charge is 0.300 e. The molecule has 0 aliphatic carbocycles. The molecule has 0 saturated carbocycles. The Bertz CT molecular complexity index is 1250. The topological polar surface area (TPSA) is 70.8 Å². The minimum atomic E-state index is -0.861. The largest absolute Gasteiger partial charge is 0.507 e. The molecule has 2 aromatic carbocycles. The number of hydrogen-bond acceptors (Lipinski definition) is 4. The van der Waals surface area contributed by atoms with Gasteiger partial charge in [-0.05, 0) is 80.8 Å². The van der Waals surface area contributed by atoms with Crippen molar-refractivity contribution in [3.8, 4) is 0 Å². The average molecular weight is 480 g/mol. The van der Waals surface area contributed by atoms with Crippen molar-refractivity contribution in [2.24, 2.45) is 0 Å². The van der Waals surface area contributed by atoms with Gasteiger partial charge in [0.05, 0.1) is 5.57 Å². The van der Waals surface area contributed by atoms with E-state index in [-0.39, 0.29) is 11.3 Å². The van der Waals surface area contributed by atoms with Crippen molar-refractivity contribution in [1.29, 1.82) is 0 Å². The van der Waals surface area contributed by atoms with E-state index in [4.69, 9.17) is 4.42 Å². The van der Waals surface area contributed by atoms with Gasteiger partial charge < -0.3 is 9.52 Å². The van der Waals surface area contributed by atoms with E-state index in [1.54, 1.807) is 43.3 Å². The molecule has 3 aromatic rings. The van der Waals surface area contributed by atoms with E-state index in [9.17, 15) is 14.7 Å². The van der Waals surface area contributed by atoms with Gasteiger partial charge in [0, 0.05) is 15.7 Å². The Labute approximate surface area is 189 Å². The average Bonchev–Trinajstić information content (AvgIpc) is 3.27. The molecule has 1 aliphatic rings. The summed E-state index contributed by atoms with van der Waals surface area (Å²) in [6.07, 6.45) is 0. The predicted molar refractivity (Wildman–Crippen MR) is 123 cm³/mol. The van der Waals surface area contributed by atoms with Crippen LogP contribution in [-0.4, -0.2) is 16.8 Å². The first-order valence-electron chi connectivity index (χ1n) is 9.90. The first-order chi connectivity index (χ1) is 14.7. The molecule has 0 bridgehead atoms. The van der Waals surface area contributed by atoms with Crippen molar-refractivity contribution in [1.82, 2.24) is 0 Å². The molecular weight excluding hydrogens is 458 g/mol. The highest BCUT2D eigenvalue weighted by atomic mass is 79.9. The van der Waals surface area contributed by atoms with Crippen molar-refractivity contribution in [2.45, 2.75) is 33.7 Å². The molecule has 0 spiro atoms. The zero-order valence-electron chi connectivity index (χ0n) is 17.7. The number of benzene rings is 2. The van der Waals surface area contributed by atoms with Crippen LogP contribution >= 0.6 is 15.9 Å². The lowest BCUT2D eigenvalue weighted by molar-refractivity contribution is -0.132. The fraction of sp³-hybridized carbons (Fsp3) is 0.200. The Balaban J connectivity index is 1.95. The van der Waals surface area contributed by atoms with E-state index in [1.807, 2.05) is 32.9 Å². The number of Topliss-reactive ketones (excluding diaryl/α,β-unsaturated/α-hetero) is 1. The van der Waals surface area contributed by atoms with Crippen LogP contribution in [0.25, 0.3) is 5.76 Å². The number of nitrogens with zero attached hydrogens (tertiary/aromatic N) is 1. The molecule has 1 aromatic heterocycles. The molecule has 1 aliphatic heterocycles. The summed E-state index contributed by atoms with van der Waals surface area (Å²) in [5, 5.41) is 11.1. The second kappa shape index (κ2) is 7.85. The van der Waals surface area contributed by atoms with Crippen molar-refractivity contribution in [3.05, 3.63) is 92.4 Å². The maximum absolute atomic E-state index is 13.1. The molecule has 5 nitrogen and oxygen atoms in total. The number of ketones is 1. The number of hydrogen-bond donors (Lipinski definition) is 1. The highest BCUT2D eigenvalue weighted by Crippen LogP contribution is 2.43. The van der Waals surface area contributed by atoms with Gasteiger partial charge in [0.15, 0.2) is 0 Å². The molecule has 2 heterocycles. The second-order valence-corrected chi connectivity index (χ2v) is 8.70. The lowest BCUT2D eigenvalue weighted by Gasteiger charge is -2.24. The van der Waals surface area contributed by atoms with E-state index < -0.39 is 17.7 Å². The standard InChI is InChI=1S/C25H22BrNO4/c1-13-5-8-18(12-14(13)2)27-22(20-10-6-16(4)31-20)21(24(29)25(27)30)23(28)17-7-9-19(26)15(3)11-17/h5-12,22,28H,1-4H3/b23-21-. The first kappa shape index (κ1) is 21.1. The van der Waals surface area contributed by atoms with Crippen molar-refractivity contribution in [3.63, 3.8) is 0 Å². The molecule has 1 saturated heterocycles. The fourth-order valence-corrected chi connectivity index (χ4v) is 4.04. The Kier molecular flexibility index (Phi) is 5.35. The predicted octanol–water partition coefficient (Wildman–Crippen LogP) is 5.90. The van der Waals surface area contributed by atoms with Crippen LogP contribution in [0.1, 0.15) is 39.8 Å². The maximum Gasteiger partial charge on any atom is 0.300 e. The minimum absolute atomic E-state index is 0.0132.